The molecule has 1 saturated heterocycles. The molecule has 0 aliphatic carbocycles. The van der Waals surface area contributed by atoms with Crippen molar-refractivity contribution in [3.05, 3.63) is 0 Å². The zero-order valence-electron chi connectivity index (χ0n) is 11.8. The van der Waals surface area contributed by atoms with Gasteiger partial charge in [-0.2, -0.15) is 0 Å². The molecule has 1 fully saturated rings. The van der Waals surface area contributed by atoms with Gasteiger partial charge < -0.3 is 29.2 Å². The van der Waals surface area contributed by atoms with E-state index in [0.717, 1.165) is 13.8 Å². The lowest BCUT2D eigenvalue weighted by Gasteiger charge is -2.40. The third-order valence-electron chi connectivity index (χ3n) is 2.68. The van der Waals surface area contributed by atoms with Gasteiger partial charge in [-0.05, 0) is 0 Å². The van der Waals surface area contributed by atoms with Crippen LogP contribution in [-0.2, 0) is 33.3 Å². The molecule has 1 aliphatic heterocycles. The van der Waals surface area contributed by atoms with Crippen LogP contribution in [0.15, 0.2) is 0 Å². The molecule has 0 radical (unpaired) electrons. The SMILES string of the molecule is CC(=O)OCC1OC(OC(C)=O)C(O)C(O)[C@H]1OC(C)=O. The summed E-state index contributed by atoms with van der Waals surface area (Å²) in [5, 5.41) is 19.8. The first-order chi connectivity index (χ1) is 9.72. The number of hydrogen-bond donors (Lipinski definition) is 2. The molecular weight excluding hydrogens is 288 g/mol. The van der Waals surface area contributed by atoms with E-state index in [2.05, 4.69) is 0 Å². The van der Waals surface area contributed by atoms with Crippen molar-refractivity contribution in [2.45, 2.75) is 51.5 Å². The fourth-order valence-electron chi connectivity index (χ4n) is 1.84. The summed E-state index contributed by atoms with van der Waals surface area (Å²) >= 11 is 0. The third-order valence-corrected chi connectivity index (χ3v) is 2.68. The molecule has 0 aromatic rings. The minimum Gasteiger partial charge on any atom is -0.463 e. The van der Waals surface area contributed by atoms with Crippen molar-refractivity contribution < 1.29 is 43.5 Å². The number of hydrogen-bond acceptors (Lipinski definition) is 9. The van der Waals surface area contributed by atoms with Crippen molar-refractivity contribution in [3.8, 4) is 0 Å². The molecule has 120 valence electrons. The lowest BCUT2D eigenvalue weighted by molar-refractivity contribution is -0.295. The van der Waals surface area contributed by atoms with E-state index in [-0.39, 0.29) is 6.61 Å². The number of aliphatic hydroxyl groups is 2. The largest absolute Gasteiger partial charge is 0.463 e. The Morgan fingerprint density at radius 3 is 2.00 bits per heavy atom. The number of esters is 3. The molecule has 4 unspecified atom stereocenters. The second-order valence-electron chi connectivity index (χ2n) is 4.51. The highest BCUT2D eigenvalue weighted by Crippen LogP contribution is 2.25. The molecular formula is C12H18O9. The molecule has 0 bridgehead atoms. The predicted octanol–water partition coefficient (Wildman–Crippen LogP) is -1.51. The number of carbonyl (C=O) groups excluding carboxylic acids is 3. The molecule has 0 saturated carbocycles. The topological polar surface area (TPSA) is 129 Å². The van der Waals surface area contributed by atoms with Crippen LogP contribution >= 0.6 is 0 Å². The molecule has 5 atom stereocenters. The van der Waals surface area contributed by atoms with Gasteiger partial charge in [-0.1, -0.05) is 0 Å². The number of aliphatic hydroxyl groups excluding tert-OH is 2. The number of ether oxygens (including phenoxy) is 4. The van der Waals surface area contributed by atoms with Gasteiger partial charge in [0.25, 0.3) is 0 Å². The van der Waals surface area contributed by atoms with Crippen molar-refractivity contribution in [2.75, 3.05) is 6.61 Å². The van der Waals surface area contributed by atoms with Crippen LogP contribution in [0.4, 0.5) is 0 Å². The van der Waals surface area contributed by atoms with Crippen LogP contribution in [0.5, 0.6) is 0 Å². The molecule has 1 heterocycles. The highest BCUT2D eigenvalue weighted by Gasteiger charge is 2.48. The first kappa shape index (κ1) is 17.3. The van der Waals surface area contributed by atoms with Crippen molar-refractivity contribution in [1.82, 2.24) is 0 Å². The summed E-state index contributed by atoms with van der Waals surface area (Å²) in [7, 11) is 0. The summed E-state index contributed by atoms with van der Waals surface area (Å²) in [6, 6.07) is 0. The summed E-state index contributed by atoms with van der Waals surface area (Å²) in [6.45, 7) is 3.04. The zero-order valence-corrected chi connectivity index (χ0v) is 11.8. The second-order valence-corrected chi connectivity index (χ2v) is 4.51. The van der Waals surface area contributed by atoms with Crippen LogP contribution in [0.3, 0.4) is 0 Å². The van der Waals surface area contributed by atoms with E-state index >= 15 is 0 Å². The maximum atomic E-state index is 11.0. The van der Waals surface area contributed by atoms with Crippen molar-refractivity contribution in [3.63, 3.8) is 0 Å². The Hall–Kier alpha value is -1.71. The van der Waals surface area contributed by atoms with Crippen molar-refractivity contribution in [1.29, 1.82) is 0 Å². The normalized spacial score (nSPS) is 32.1. The van der Waals surface area contributed by atoms with Crippen LogP contribution in [0, 0.1) is 0 Å². The van der Waals surface area contributed by atoms with E-state index in [9.17, 15) is 24.6 Å². The minimum atomic E-state index is -1.60. The first-order valence-electron chi connectivity index (χ1n) is 6.21. The van der Waals surface area contributed by atoms with E-state index in [1.54, 1.807) is 0 Å². The molecule has 2 N–H and O–H groups in total. The maximum absolute atomic E-state index is 11.0. The quantitative estimate of drug-likeness (QED) is 0.470. The number of rotatable bonds is 4. The molecule has 0 aromatic heterocycles. The van der Waals surface area contributed by atoms with Gasteiger partial charge in [0.05, 0.1) is 0 Å². The van der Waals surface area contributed by atoms with Gasteiger partial charge in [0.1, 0.15) is 24.9 Å². The Kier molecular flexibility index (Phi) is 6.06. The van der Waals surface area contributed by atoms with Gasteiger partial charge in [-0.15, -0.1) is 0 Å². The van der Waals surface area contributed by atoms with Gasteiger partial charge >= 0.3 is 17.9 Å². The van der Waals surface area contributed by atoms with Crippen LogP contribution in [0.1, 0.15) is 20.8 Å². The summed E-state index contributed by atoms with van der Waals surface area (Å²) in [6.07, 6.45) is -6.96. The standard InChI is InChI=1S/C12H18O9/c1-5(13)18-4-8-11(19-6(2)14)9(16)10(17)12(21-8)20-7(3)15/h8-12,16-17H,4H2,1-3H3/t8?,9?,10?,11-,12?/m0/s1. The highest BCUT2D eigenvalue weighted by atomic mass is 16.7. The fraction of sp³-hybridized carbons (Fsp3) is 0.750. The van der Waals surface area contributed by atoms with Gasteiger partial charge in [-0.25, -0.2) is 0 Å². The number of carbonyl (C=O) groups is 3. The summed E-state index contributed by atoms with van der Waals surface area (Å²) in [5.41, 5.74) is 0. The predicted molar refractivity (Wildman–Crippen MR) is 64.6 cm³/mol. The second kappa shape index (κ2) is 7.34. The molecule has 0 spiro atoms. The van der Waals surface area contributed by atoms with E-state index in [4.69, 9.17) is 18.9 Å². The Balaban J connectivity index is 2.86. The van der Waals surface area contributed by atoms with Crippen LogP contribution in [0.2, 0.25) is 0 Å². The Bertz CT molecular complexity index is 408. The van der Waals surface area contributed by atoms with E-state index < -0.39 is 48.6 Å². The average molecular weight is 306 g/mol. The Labute approximate surface area is 120 Å². The molecule has 1 rings (SSSR count). The fourth-order valence-corrected chi connectivity index (χ4v) is 1.84. The van der Waals surface area contributed by atoms with Crippen LogP contribution in [0.25, 0.3) is 0 Å². The molecule has 9 heteroatoms. The van der Waals surface area contributed by atoms with E-state index in [1.807, 2.05) is 0 Å². The first-order valence-corrected chi connectivity index (χ1v) is 6.21. The van der Waals surface area contributed by atoms with Crippen molar-refractivity contribution in [2.24, 2.45) is 0 Å². The maximum Gasteiger partial charge on any atom is 0.305 e. The average Bonchev–Trinajstić information content (AvgIpc) is 2.35. The summed E-state index contributed by atoms with van der Waals surface area (Å²) < 4.78 is 19.6. The van der Waals surface area contributed by atoms with Crippen molar-refractivity contribution >= 4 is 17.9 Å². The zero-order chi connectivity index (χ0) is 16.2. The van der Waals surface area contributed by atoms with Gasteiger partial charge in [0.2, 0.25) is 6.29 Å². The smallest absolute Gasteiger partial charge is 0.305 e. The summed E-state index contributed by atoms with van der Waals surface area (Å²) in [5.74, 6) is -2.05. The highest BCUT2D eigenvalue weighted by molar-refractivity contribution is 5.67. The monoisotopic (exact) mass is 306 g/mol. The van der Waals surface area contributed by atoms with Crippen LogP contribution < -0.4 is 0 Å². The minimum absolute atomic E-state index is 0.338. The summed E-state index contributed by atoms with van der Waals surface area (Å²) in [4.78, 5) is 32.8. The molecule has 0 amide bonds. The lowest BCUT2D eigenvalue weighted by Crippen LogP contribution is -2.60. The Morgan fingerprint density at radius 2 is 1.52 bits per heavy atom. The van der Waals surface area contributed by atoms with Gasteiger partial charge in [0.15, 0.2) is 6.10 Å². The van der Waals surface area contributed by atoms with Crippen LogP contribution in [-0.4, -0.2) is 65.4 Å². The third kappa shape index (κ3) is 4.96. The Morgan fingerprint density at radius 1 is 0.952 bits per heavy atom. The molecule has 0 aromatic carbocycles. The van der Waals surface area contributed by atoms with Gasteiger partial charge in [-0.3, -0.25) is 14.4 Å². The molecule has 21 heavy (non-hydrogen) atoms. The van der Waals surface area contributed by atoms with E-state index in [1.165, 1.54) is 6.92 Å². The lowest BCUT2D eigenvalue weighted by atomic mass is 9.99. The van der Waals surface area contributed by atoms with E-state index in [0.29, 0.717) is 0 Å². The van der Waals surface area contributed by atoms with Gasteiger partial charge in [0, 0.05) is 20.8 Å². The molecule has 1 aliphatic rings. The molecule has 9 nitrogen and oxygen atoms in total.